The van der Waals surface area contributed by atoms with Crippen LogP contribution in [0.2, 0.25) is 0 Å². The lowest BCUT2D eigenvalue weighted by Crippen LogP contribution is -2.49. The van der Waals surface area contributed by atoms with E-state index in [9.17, 15) is 4.39 Å². The lowest BCUT2D eigenvalue weighted by Gasteiger charge is -2.42. The third kappa shape index (κ3) is 9.40. The van der Waals surface area contributed by atoms with Gasteiger partial charge in [0.1, 0.15) is 17.6 Å². The van der Waals surface area contributed by atoms with Crippen molar-refractivity contribution >= 4 is 7.32 Å². The SMILES string of the molecule is CCCCCCOB(OCCCCCC)Oc1ccc(F)cc1C(C)[N+](CC)(CC)CC. The lowest BCUT2D eigenvalue weighted by atomic mass is 10.0. The zero-order valence-corrected chi connectivity index (χ0v) is 21.6. The van der Waals surface area contributed by atoms with Gasteiger partial charge >= 0.3 is 7.32 Å². The monoisotopic (exact) mass is 452 g/mol. The van der Waals surface area contributed by atoms with Crippen LogP contribution in [-0.2, 0) is 9.31 Å². The predicted molar refractivity (Wildman–Crippen MR) is 133 cm³/mol. The van der Waals surface area contributed by atoms with Gasteiger partial charge in [0.2, 0.25) is 0 Å². The van der Waals surface area contributed by atoms with Crippen LogP contribution in [0.25, 0.3) is 0 Å². The van der Waals surface area contributed by atoms with Crippen LogP contribution in [0.1, 0.15) is 105 Å². The minimum Gasteiger partial charge on any atom is -0.511 e. The van der Waals surface area contributed by atoms with E-state index in [1.165, 1.54) is 31.7 Å². The summed E-state index contributed by atoms with van der Waals surface area (Å²) in [5.74, 6) is 0.419. The average molecular weight is 452 g/mol. The highest BCUT2D eigenvalue weighted by atomic mass is 19.1. The maximum absolute atomic E-state index is 14.3. The van der Waals surface area contributed by atoms with Gasteiger partial charge in [-0.1, -0.05) is 52.4 Å². The van der Waals surface area contributed by atoms with E-state index in [0.29, 0.717) is 19.0 Å². The lowest BCUT2D eigenvalue weighted by molar-refractivity contribution is -0.950. The molecule has 1 aromatic carbocycles. The summed E-state index contributed by atoms with van der Waals surface area (Å²) in [6, 6.07) is 4.91. The van der Waals surface area contributed by atoms with Gasteiger partial charge < -0.3 is 18.4 Å². The smallest absolute Gasteiger partial charge is 0.511 e. The van der Waals surface area contributed by atoms with Crippen molar-refractivity contribution < 1.29 is 22.8 Å². The topological polar surface area (TPSA) is 27.7 Å². The number of hydrogen-bond acceptors (Lipinski definition) is 3. The molecule has 1 rings (SSSR count). The van der Waals surface area contributed by atoms with Crippen molar-refractivity contribution in [1.82, 2.24) is 0 Å². The third-order valence-corrected chi connectivity index (χ3v) is 6.86. The zero-order valence-electron chi connectivity index (χ0n) is 21.6. The summed E-state index contributed by atoms with van der Waals surface area (Å²) >= 11 is 0. The largest absolute Gasteiger partial charge is 0.713 e. The first-order chi connectivity index (χ1) is 15.5. The molecule has 0 saturated heterocycles. The van der Waals surface area contributed by atoms with E-state index in [2.05, 4.69) is 41.5 Å². The molecule has 32 heavy (non-hydrogen) atoms. The molecule has 0 radical (unpaired) electrons. The quantitative estimate of drug-likeness (QED) is 0.125. The fourth-order valence-electron chi connectivity index (χ4n) is 4.38. The zero-order chi connectivity index (χ0) is 23.8. The Morgan fingerprint density at radius 3 is 1.81 bits per heavy atom. The Morgan fingerprint density at radius 2 is 1.34 bits per heavy atom. The standard InChI is InChI=1S/C26H48BFNO3/c1-7-12-14-16-20-30-27(31-21-17-15-13-8-2)32-26-19-18-24(28)22-25(26)23(6)29(9-3,10-4)11-5/h18-19,22-23H,7-17,20-21H2,1-6H3/q+1. The summed E-state index contributed by atoms with van der Waals surface area (Å²) in [5.41, 5.74) is 0.879. The van der Waals surface area contributed by atoms with Crippen LogP contribution in [0, 0.1) is 5.82 Å². The molecule has 6 heteroatoms. The van der Waals surface area contributed by atoms with E-state index in [1.807, 2.05) is 0 Å². The second-order valence-electron chi connectivity index (χ2n) is 8.79. The van der Waals surface area contributed by atoms with Gasteiger partial charge in [-0.05, 0) is 58.7 Å². The number of nitrogens with zero attached hydrogens (tertiary/aromatic N) is 1. The van der Waals surface area contributed by atoms with Crippen LogP contribution < -0.4 is 4.65 Å². The number of hydrogen-bond donors (Lipinski definition) is 0. The van der Waals surface area contributed by atoms with Crippen LogP contribution >= 0.6 is 0 Å². The van der Waals surface area contributed by atoms with Crippen molar-refractivity contribution in [3.63, 3.8) is 0 Å². The van der Waals surface area contributed by atoms with Gasteiger partial charge in [0, 0.05) is 13.2 Å². The van der Waals surface area contributed by atoms with Gasteiger partial charge in [-0.25, -0.2) is 4.39 Å². The summed E-state index contributed by atoms with van der Waals surface area (Å²) in [4.78, 5) is 0. The Bertz CT molecular complexity index is 590. The number of halogens is 1. The fraction of sp³-hybridized carbons (Fsp3) is 0.769. The van der Waals surface area contributed by atoms with Crippen molar-refractivity contribution in [2.45, 2.75) is 99.0 Å². The Labute approximate surface area is 197 Å². The normalized spacial score (nSPS) is 12.7. The summed E-state index contributed by atoms with van der Waals surface area (Å²) in [7, 11) is -0.763. The molecule has 184 valence electrons. The highest BCUT2D eigenvalue weighted by molar-refractivity contribution is 6.37. The van der Waals surface area contributed by atoms with E-state index in [-0.39, 0.29) is 11.9 Å². The Morgan fingerprint density at radius 1 is 0.812 bits per heavy atom. The van der Waals surface area contributed by atoms with Crippen LogP contribution in [-0.4, -0.2) is 44.7 Å². The molecule has 0 spiro atoms. The molecule has 1 unspecified atom stereocenters. The maximum Gasteiger partial charge on any atom is 0.713 e. The fourth-order valence-corrected chi connectivity index (χ4v) is 4.38. The summed E-state index contributed by atoms with van der Waals surface area (Å²) in [5, 5.41) is 0. The highest BCUT2D eigenvalue weighted by Crippen LogP contribution is 2.35. The van der Waals surface area contributed by atoms with Crippen LogP contribution in [0.5, 0.6) is 5.75 Å². The second-order valence-corrected chi connectivity index (χ2v) is 8.79. The van der Waals surface area contributed by atoms with Crippen molar-refractivity contribution in [3.05, 3.63) is 29.6 Å². The van der Waals surface area contributed by atoms with E-state index < -0.39 is 7.32 Å². The minimum absolute atomic E-state index is 0.107. The molecule has 1 atom stereocenters. The second kappa shape index (κ2) is 16.5. The first kappa shape index (κ1) is 28.9. The first-order valence-corrected chi connectivity index (χ1v) is 13.0. The maximum atomic E-state index is 14.3. The van der Waals surface area contributed by atoms with Crippen LogP contribution in [0.15, 0.2) is 18.2 Å². The summed E-state index contributed by atoms with van der Waals surface area (Å²) in [6.45, 7) is 17.3. The summed E-state index contributed by atoms with van der Waals surface area (Å²) in [6.07, 6.45) is 9.05. The number of benzene rings is 1. The van der Waals surface area contributed by atoms with Gasteiger partial charge in [-0.2, -0.15) is 0 Å². The van der Waals surface area contributed by atoms with E-state index in [4.69, 9.17) is 14.0 Å². The van der Waals surface area contributed by atoms with Crippen molar-refractivity contribution in [3.8, 4) is 5.75 Å². The van der Waals surface area contributed by atoms with Gasteiger partial charge in [-0.3, -0.25) is 0 Å². The van der Waals surface area contributed by atoms with Crippen molar-refractivity contribution in [2.75, 3.05) is 32.8 Å². The van der Waals surface area contributed by atoms with Gasteiger partial charge in [0.25, 0.3) is 0 Å². The molecule has 0 aliphatic heterocycles. The molecule has 0 amide bonds. The van der Waals surface area contributed by atoms with Crippen LogP contribution in [0.3, 0.4) is 0 Å². The molecule has 0 aliphatic carbocycles. The van der Waals surface area contributed by atoms with Gasteiger partial charge in [-0.15, -0.1) is 0 Å². The van der Waals surface area contributed by atoms with Gasteiger partial charge in [0.15, 0.2) is 0 Å². The van der Waals surface area contributed by atoms with E-state index in [0.717, 1.165) is 55.4 Å². The molecule has 4 nitrogen and oxygen atoms in total. The highest BCUT2D eigenvalue weighted by Gasteiger charge is 2.34. The van der Waals surface area contributed by atoms with Crippen molar-refractivity contribution in [1.29, 1.82) is 0 Å². The number of quaternary nitrogens is 1. The molecule has 0 aromatic heterocycles. The molecule has 0 aliphatic rings. The Kier molecular flexibility index (Phi) is 14.9. The number of rotatable bonds is 19. The molecule has 0 bridgehead atoms. The molecular weight excluding hydrogens is 404 g/mol. The molecule has 0 heterocycles. The van der Waals surface area contributed by atoms with Gasteiger partial charge in [0.05, 0.1) is 25.2 Å². The Hall–Kier alpha value is -1.11. The molecule has 0 fully saturated rings. The predicted octanol–water partition coefficient (Wildman–Crippen LogP) is 7.32. The van der Waals surface area contributed by atoms with E-state index in [1.54, 1.807) is 12.1 Å². The average Bonchev–Trinajstić information content (AvgIpc) is 2.81. The molecule has 1 aromatic rings. The van der Waals surface area contributed by atoms with Crippen LogP contribution in [0.4, 0.5) is 4.39 Å². The third-order valence-electron chi connectivity index (χ3n) is 6.86. The van der Waals surface area contributed by atoms with E-state index >= 15 is 0 Å². The molecular formula is C26H48BFNO3+. The minimum atomic E-state index is -0.763. The molecule has 0 N–H and O–H groups in total. The summed E-state index contributed by atoms with van der Waals surface area (Å²) < 4.78 is 33.4. The first-order valence-electron chi connectivity index (χ1n) is 13.0. The number of unbranched alkanes of at least 4 members (excludes halogenated alkanes) is 6. The Balaban J connectivity index is 2.97. The van der Waals surface area contributed by atoms with Crippen molar-refractivity contribution in [2.24, 2.45) is 0 Å². The molecule has 0 saturated carbocycles.